The second kappa shape index (κ2) is 8.03. The molecule has 0 spiro atoms. The van der Waals surface area contributed by atoms with Crippen LogP contribution in [-0.4, -0.2) is 33.8 Å². The Hall–Kier alpha value is -2.25. The van der Waals surface area contributed by atoms with E-state index in [1.54, 1.807) is 48.5 Å². The number of hydrogen-bond donors (Lipinski definition) is 2. The van der Waals surface area contributed by atoms with Crippen LogP contribution < -0.4 is 14.9 Å². The van der Waals surface area contributed by atoms with Crippen LogP contribution in [0.15, 0.2) is 54.6 Å². The fourth-order valence-corrected chi connectivity index (χ4v) is 3.31. The van der Waals surface area contributed by atoms with Crippen molar-refractivity contribution < 1.29 is 13.2 Å². The molecule has 0 fully saturated rings. The molecule has 0 radical (unpaired) electrons. The summed E-state index contributed by atoms with van der Waals surface area (Å²) in [6.07, 6.45) is 1.10. The van der Waals surface area contributed by atoms with Crippen molar-refractivity contribution in [3.8, 4) is 0 Å². The number of urea groups is 1. The zero-order valence-corrected chi connectivity index (χ0v) is 14.6. The van der Waals surface area contributed by atoms with Gasteiger partial charge < -0.3 is 10.6 Å². The lowest BCUT2D eigenvalue weighted by Gasteiger charge is -2.23. The maximum Gasteiger partial charge on any atom is 0.319 e. The minimum absolute atomic E-state index is 0.0742. The summed E-state index contributed by atoms with van der Waals surface area (Å²) in [5.74, 6) is 0. The molecule has 2 rings (SSSR count). The first-order valence-corrected chi connectivity index (χ1v) is 9.42. The van der Waals surface area contributed by atoms with Crippen molar-refractivity contribution in [1.29, 1.82) is 0 Å². The van der Waals surface area contributed by atoms with Gasteiger partial charge in [-0.25, -0.2) is 13.2 Å². The largest absolute Gasteiger partial charge is 0.336 e. The van der Waals surface area contributed by atoms with E-state index in [4.69, 9.17) is 11.6 Å². The monoisotopic (exact) mass is 367 g/mol. The number of nitrogens with one attached hydrogen (secondary N) is 2. The van der Waals surface area contributed by atoms with E-state index >= 15 is 0 Å². The van der Waals surface area contributed by atoms with Crippen molar-refractivity contribution in [3.63, 3.8) is 0 Å². The van der Waals surface area contributed by atoms with Crippen molar-refractivity contribution in [3.05, 3.63) is 59.6 Å². The van der Waals surface area contributed by atoms with Crippen LogP contribution in [0.25, 0.3) is 0 Å². The Balaban J connectivity index is 1.97. The molecular weight excluding hydrogens is 350 g/mol. The Morgan fingerprint density at radius 3 is 2.33 bits per heavy atom. The number of carbonyl (C=O) groups is 1. The van der Waals surface area contributed by atoms with Crippen LogP contribution >= 0.6 is 11.6 Å². The molecule has 0 aliphatic heterocycles. The molecule has 0 aromatic heterocycles. The zero-order chi connectivity index (χ0) is 17.6. The Morgan fingerprint density at radius 2 is 1.71 bits per heavy atom. The maximum atomic E-state index is 12.0. The Bertz CT molecular complexity index is 797. The lowest BCUT2D eigenvalue weighted by Crippen LogP contribution is -2.39. The number of carbonyl (C=O) groups excluding carboxylic acids is 1. The number of sulfonamides is 1. The third-order valence-electron chi connectivity index (χ3n) is 3.15. The quantitative estimate of drug-likeness (QED) is 0.823. The van der Waals surface area contributed by atoms with E-state index in [2.05, 4.69) is 10.6 Å². The average Bonchev–Trinajstić information content (AvgIpc) is 2.52. The van der Waals surface area contributed by atoms with Crippen molar-refractivity contribution in [2.24, 2.45) is 0 Å². The summed E-state index contributed by atoms with van der Waals surface area (Å²) in [7, 11) is -3.52. The molecule has 0 aliphatic carbocycles. The van der Waals surface area contributed by atoms with E-state index in [9.17, 15) is 13.2 Å². The van der Waals surface area contributed by atoms with Crippen LogP contribution in [0, 0.1) is 0 Å². The smallest absolute Gasteiger partial charge is 0.319 e. The second-order valence-electron chi connectivity index (χ2n) is 5.03. The number of nitrogens with zero attached hydrogens (tertiary/aromatic N) is 1. The second-order valence-corrected chi connectivity index (χ2v) is 7.35. The third kappa shape index (κ3) is 5.14. The first-order valence-electron chi connectivity index (χ1n) is 7.20. The molecule has 128 valence electrons. The van der Waals surface area contributed by atoms with Gasteiger partial charge in [-0.1, -0.05) is 41.9 Å². The summed E-state index contributed by atoms with van der Waals surface area (Å²) in [6, 6.07) is 15.2. The van der Waals surface area contributed by atoms with E-state index in [0.29, 0.717) is 16.4 Å². The lowest BCUT2D eigenvalue weighted by atomic mass is 10.3. The topological polar surface area (TPSA) is 78.5 Å². The summed E-state index contributed by atoms with van der Waals surface area (Å²) in [5.41, 5.74) is 1.04. The van der Waals surface area contributed by atoms with E-state index in [1.165, 1.54) is 0 Å². The molecular formula is C16H18ClN3O3S. The van der Waals surface area contributed by atoms with Gasteiger partial charge in [-0.3, -0.25) is 4.31 Å². The number of hydrogen-bond acceptors (Lipinski definition) is 3. The van der Waals surface area contributed by atoms with Crippen LogP contribution in [0.5, 0.6) is 0 Å². The SMILES string of the molecule is CS(=O)(=O)N(CCNC(=O)Nc1ccccc1)c1ccccc1Cl. The number of para-hydroxylation sites is 2. The van der Waals surface area contributed by atoms with Gasteiger partial charge in [0.2, 0.25) is 10.0 Å². The molecule has 6 nitrogen and oxygen atoms in total. The minimum atomic E-state index is -3.52. The molecule has 0 bridgehead atoms. The van der Waals surface area contributed by atoms with Gasteiger partial charge >= 0.3 is 6.03 Å². The molecule has 0 saturated carbocycles. The van der Waals surface area contributed by atoms with Crippen LogP contribution in [0.4, 0.5) is 16.2 Å². The number of amides is 2. The van der Waals surface area contributed by atoms with Crippen molar-refractivity contribution in [1.82, 2.24) is 5.32 Å². The van der Waals surface area contributed by atoms with Crippen molar-refractivity contribution in [2.75, 3.05) is 29.0 Å². The highest BCUT2D eigenvalue weighted by Crippen LogP contribution is 2.26. The molecule has 0 unspecified atom stereocenters. The van der Waals surface area contributed by atoms with Crippen LogP contribution in [0.1, 0.15) is 0 Å². The first-order chi connectivity index (χ1) is 11.4. The zero-order valence-electron chi connectivity index (χ0n) is 13.1. The highest BCUT2D eigenvalue weighted by atomic mass is 35.5. The lowest BCUT2D eigenvalue weighted by molar-refractivity contribution is 0.252. The Labute approximate surface area is 146 Å². The van der Waals surface area contributed by atoms with Gasteiger partial charge in [0.05, 0.1) is 23.5 Å². The number of benzene rings is 2. The van der Waals surface area contributed by atoms with Crippen LogP contribution in [0.3, 0.4) is 0 Å². The van der Waals surface area contributed by atoms with E-state index in [0.717, 1.165) is 10.6 Å². The predicted octanol–water partition coefficient (Wildman–Crippen LogP) is 2.93. The highest BCUT2D eigenvalue weighted by molar-refractivity contribution is 7.92. The molecule has 0 aliphatic rings. The molecule has 2 N–H and O–H groups in total. The van der Waals surface area contributed by atoms with Gasteiger partial charge in [-0.05, 0) is 24.3 Å². The predicted molar refractivity (Wildman–Crippen MR) is 97.1 cm³/mol. The van der Waals surface area contributed by atoms with Crippen molar-refractivity contribution >= 4 is 39.0 Å². The fraction of sp³-hybridized carbons (Fsp3) is 0.188. The molecule has 2 amide bonds. The molecule has 2 aromatic carbocycles. The molecule has 0 saturated heterocycles. The molecule has 2 aromatic rings. The van der Waals surface area contributed by atoms with E-state index in [-0.39, 0.29) is 13.1 Å². The van der Waals surface area contributed by atoms with Gasteiger partial charge in [-0.2, -0.15) is 0 Å². The Kier molecular flexibility index (Phi) is 6.05. The minimum Gasteiger partial charge on any atom is -0.336 e. The summed E-state index contributed by atoms with van der Waals surface area (Å²) in [4.78, 5) is 11.8. The van der Waals surface area contributed by atoms with Gasteiger partial charge in [0.15, 0.2) is 0 Å². The summed E-state index contributed by atoms with van der Waals surface area (Å²) in [6.45, 7) is 0.210. The van der Waals surface area contributed by atoms with E-state index < -0.39 is 16.1 Å². The van der Waals surface area contributed by atoms with E-state index in [1.807, 2.05) is 6.07 Å². The highest BCUT2D eigenvalue weighted by Gasteiger charge is 2.19. The maximum absolute atomic E-state index is 12.0. The van der Waals surface area contributed by atoms with Crippen LogP contribution in [0.2, 0.25) is 5.02 Å². The summed E-state index contributed by atoms with van der Waals surface area (Å²) < 4.78 is 25.1. The molecule has 24 heavy (non-hydrogen) atoms. The van der Waals surface area contributed by atoms with Gasteiger partial charge in [0.25, 0.3) is 0 Å². The number of halogens is 1. The Morgan fingerprint density at radius 1 is 1.08 bits per heavy atom. The molecule has 0 atom stereocenters. The third-order valence-corrected chi connectivity index (χ3v) is 4.65. The first kappa shape index (κ1) is 18.1. The normalized spacial score (nSPS) is 10.9. The molecule has 8 heteroatoms. The number of rotatable bonds is 6. The summed E-state index contributed by atoms with van der Waals surface area (Å²) >= 11 is 6.07. The standard InChI is InChI=1S/C16H18ClN3O3S/c1-24(22,23)20(15-10-6-5-9-14(15)17)12-11-18-16(21)19-13-7-3-2-4-8-13/h2-10H,11-12H2,1H3,(H2,18,19,21). The van der Waals surface area contributed by atoms with Gasteiger partial charge in [0.1, 0.15) is 0 Å². The van der Waals surface area contributed by atoms with Gasteiger partial charge in [0, 0.05) is 12.2 Å². The fourth-order valence-electron chi connectivity index (χ4n) is 2.09. The van der Waals surface area contributed by atoms with Crippen molar-refractivity contribution in [2.45, 2.75) is 0 Å². The molecule has 0 heterocycles. The average molecular weight is 368 g/mol. The van der Waals surface area contributed by atoms with Gasteiger partial charge in [-0.15, -0.1) is 0 Å². The summed E-state index contributed by atoms with van der Waals surface area (Å²) in [5, 5.41) is 5.62. The van der Waals surface area contributed by atoms with Crippen LogP contribution in [-0.2, 0) is 10.0 Å². The number of anilines is 2.